The monoisotopic (exact) mass is 262 g/mol. The molecular weight excluding hydrogens is 236 g/mol. The van der Waals surface area contributed by atoms with Crippen molar-refractivity contribution in [3.63, 3.8) is 0 Å². The van der Waals surface area contributed by atoms with Crippen LogP contribution in [0.25, 0.3) is 0 Å². The quantitative estimate of drug-likeness (QED) is 0.906. The van der Waals surface area contributed by atoms with Crippen molar-refractivity contribution in [3.05, 3.63) is 22.8 Å². The van der Waals surface area contributed by atoms with Crippen molar-refractivity contribution in [2.75, 3.05) is 32.1 Å². The number of nitrogens with zero attached hydrogens (tertiary/aromatic N) is 1. The molecule has 1 fully saturated rings. The lowest BCUT2D eigenvalue weighted by Crippen LogP contribution is -2.44. The molecule has 0 saturated carbocycles. The fraction of sp³-hybridized carbons (Fsp3) is 0.625. The fourth-order valence-electron chi connectivity index (χ4n) is 3.07. The van der Waals surface area contributed by atoms with Gasteiger partial charge in [-0.3, -0.25) is 0 Å². The third-order valence-corrected chi connectivity index (χ3v) is 4.33. The second-order valence-corrected chi connectivity index (χ2v) is 5.63. The minimum absolute atomic E-state index is 0.559. The number of piperidine rings is 1. The van der Waals surface area contributed by atoms with Gasteiger partial charge < -0.3 is 15.0 Å². The molecule has 1 aromatic rings. The molecule has 0 amide bonds. The zero-order valence-electron chi connectivity index (χ0n) is 12.8. The van der Waals surface area contributed by atoms with Gasteiger partial charge in [-0.2, -0.15) is 0 Å². The smallest absolute Gasteiger partial charge is 0.145 e. The lowest BCUT2D eigenvalue weighted by Gasteiger charge is -2.35. The van der Waals surface area contributed by atoms with Crippen molar-refractivity contribution < 1.29 is 4.74 Å². The highest BCUT2D eigenvalue weighted by Gasteiger charge is 2.23. The molecular formula is C16H26N2O. The highest BCUT2D eigenvalue weighted by Crippen LogP contribution is 2.37. The molecule has 0 bridgehead atoms. The van der Waals surface area contributed by atoms with Crippen molar-refractivity contribution in [1.82, 2.24) is 5.32 Å². The van der Waals surface area contributed by atoms with Gasteiger partial charge in [0, 0.05) is 19.6 Å². The summed E-state index contributed by atoms with van der Waals surface area (Å²) < 4.78 is 5.69. The maximum Gasteiger partial charge on any atom is 0.145 e. The van der Waals surface area contributed by atoms with Gasteiger partial charge >= 0.3 is 0 Å². The van der Waals surface area contributed by atoms with E-state index in [2.05, 4.69) is 44.1 Å². The Morgan fingerprint density at radius 2 is 2.00 bits per heavy atom. The van der Waals surface area contributed by atoms with Gasteiger partial charge in [0.15, 0.2) is 0 Å². The van der Waals surface area contributed by atoms with Crippen LogP contribution in [0.15, 0.2) is 6.07 Å². The summed E-state index contributed by atoms with van der Waals surface area (Å²) in [7, 11) is 3.97. The van der Waals surface area contributed by atoms with E-state index in [4.69, 9.17) is 4.74 Å². The van der Waals surface area contributed by atoms with Crippen molar-refractivity contribution in [3.8, 4) is 5.75 Å². The van der Waals surface area contributed by atoms with Gasteiger partial charge in [0.1, 0.15) is 5.75 Å². The predicted octanol–water partition coefficient (Wildman–Crippen LogP) is 2.81. The number of benzene rings is 1. The lowest BCUT2D eigenvalue weighted by molar-refractivity contribution is 0.403. The SMILES string of the molecule is COc1c(C)c(C)cc(C)c1N(C)C1CCCNC1. The molecule has 1 aliphatic rings. The molecule has 3 nitrogen and oxygen atoms in total. The van der Waals surface area contributed by atoms with Gasteiger partial charge in [0.05, 0.1) is 12.8 Å². The Bertz CT molecular complexity index is 451. The first-order valence-corrected chi connectivity index (χ1v) is 7.14. The molecule has 1 aromatic carbocycles. The van der Waals surface area contributed by atoms with E-state index >= 15 is 0 Å². The van der Waals surface area contributed by atoms with Crippen LogP contribution < -0.4 is 15.0 Å². The Kier molecular flexibility index (Phi) is 4.35. The van der Waals surface area contributed by atoms with E-state index in [1.54, 1.807) is 7.11 Å². The summed E-state index contributed by atoms with van der Waals surface area (Å²) in [6.07, 6.45) is 2.50. The fourth-order valence-corrected chi connectivity index (χ4v) is 3.07. The molecule has 1 N–H and O–H groups in total. The first-order valence-electron chi connectivity index (χ1n) is 7.14. The van der Waals surface area contributed by atoms with Gasteiger partial charge in [-0.25, -0.2) is 0 Å². The molecule has 0 radical (unpaired) electrons. The van der Waals surface area contributed by atoms with Crippen LogP contribution in [0.5, 0.6) is 5.75 Å². The van der Waals surface area contributed by atoms with Gasteiger partial charge in [-0.1, -0.05) is 6.07 Å². The van der Waals surface area contributed by atoms with Crippen molar-refractivity contribution >= 4 is 5.69 Å². The maximum absolute atomic E-state index is 5.69. The number of rotatable bonds is 3. The lowest BCUT2D eigenvalue weighted by atomic mass is 9.99. The van der Waals surface area contributed by atoms with Crippen molar-refractivity contribution in [2.24, 2.45) is 0 Å². The number of aryl methyl sites for hydroxylation is 2. The molecule has 19 heavy (non-hydrogen) atoms. The predicted molar refractivity (Wildman–Crippen MR) is 81.5 cm³/mol. The van der Waals surface area contributed by atoms with Gasteiger partial charge in [0.2, 0.25) is 0 Å². The number of hydrogen-bond acceptors (Lipinski definition) is 3. The summed E-state index contributed by atoms with van der Waals surface area (Å²) in [6, 6.07) is 2.82. The van der Waals surface area contributed by atoms with Crippen molar-refractivity contribution in [1.29, 1.82) is 0 Å². The molecule has 1 atom stereocenters. The summed E-state index contributed by atoms with van der Waals surface area (Å²) in [6.45, 7) is 8.68. The first kappa shape index (κ1) is 14.2. The highest BCUT2D eigenvalue weighted by molar-refractivity contribution is 5.68. The minimum Gasteiger partial charge on any atom is -0.494 e. The molecule has 1 aliphatic heterocycles. The van der Waals surface area contributed by atoms with Crippen LogP contribution in [0, 0.1) is 20.8 Å². The van der Waals surface area contributed by atoms with E-state index in [-0.39, 0.29) is 0 Å². The van der Waals surface area contributed by atoms with Gasteiger partial charge in [-0.15, -0.1) is 0 Å². The van der Waals surface area contributed by atoms with Gasteiger partial charge in [-0.05, 0) is 56.8 Å². The highest BCUT2D eigenvalue weighted by atomic mass is 16.5. The van der Waals surface area contributed by atoms with Crippen LogP contribution in [0.4, 0.5) is 5.69 Å². The third-order valence-electron chi connectivity index (χ3n) is 4.33. The molecule has 1 heterocycles. The molecule has 3 heteroatoms. The summed E-state index contributed by atoms with van der Waals surface area (Å²) in [5.41, 5.74) is 5.10. The van der Waals surface area contributed by atoms with E-state index < -0.39 is 0 Å². The average Bonchev–Trinajstić information content (AvgIpc) is 2.42. The second-order valence-electron chi connectivity index (χ2n) is 5.63. The minimum atomic E-state index is 0.559. The molecule has 1 unspecified atom stereocenters. The van der Waals surface area contributed by atoms with Gasteiger partial charge in [0.25, 0.3) is 0 Å². The maximum atomic E-state index is 5.69. The van der Waals surface area contributed by atoms with E-state index in [0.29, 0.717) is 6.04 Å². The van der Waals surface area contributed by atoms with E-state index in [9.17, 15) is 0 Å². The number of ether oxygens (including phenoxy) is 1. The zero-order valence-corrected chi connectivity index (χ0v) is 12.8. The zero-order chi connectivity index (χ0) is 14.0. The van der Waals surface area contributed by atoms with E-state index in [0.717, 1.165) is 18.8 Å². The van der Waals surface area contributed by atoms with Crippen molar-refractivity contribution in [2.45, 2.75) is 39.7 Å². The number of nitrogens with one attached hydrogen (secondary N) is 1. The van der Waals surface area contributed by atoms with E-state index in [1.165, 1.54) is 35.2 Å². The van der Waals surface area contributed by atoms with Crippen LogP contribution in [0.3, 0.4) is 0 Å². The number of methoxy groups -OCH3 is 1. The Morgan fingerprint density at radius 3 is 2.58 bits per heavy atom. The normalized spacial score (nSPS) is 19.3. The molecule has 106 valence electrons. The molecule has 0 spiro atoms. The van der Waals surface area contributed by atoms with Crippen LogP contribution in [0.2, 0.25) is 0 Å². The van der Waals surface area contributed by atoms with Crippen LogP contribution in [0.1, 0.15) is 29.5 Å². The Balaban J connectivity index is 2.39. The Labute approximate surface area is 116 Å². The standard InChI is InChI=1S/C16H26N2O/c1-11-9-12(2)15(16(19-5)13(11)3)18(4)14-7-6-8-17-10-14/h9,14,17H,6-8,10H2,1-5H3. The summed E-state index contributed by atoms with van der Waals surface area (Å²) in [5, 5.41) is 3.49. The first-order chi connectivity index (χ1) is 9.06. The second kappa shape index (κ2) is 5.83. The summed E-state index contributed by atoms with van der Waals surface area (Å²) in [4.78, 5) is 2.40. The Morgan fingerprint density at radius 1 is 1.26 bits per heavy atom. The topological polar surface area (TPSA) is 24.5 Å². The largest absolute Gasteiger partial charge is 0.494 e. The molecule has 0 aromatic heterocycles. The number of anilines is 1. The Hall–Kier alpha value is -1.22. The van der Waals surface area contributed by atoms with Crippen LogP contribution >= 0.6 is 0 Å². The molecule has 0 aliphatic carbocycles. The third kappa shape index (κ3) is 2.71. The molecule has 2 rings (SSSR count). The van der Waals surface area contributed by atoms with Crippen LogP contribution in [-0.2, 0) is 0 Å². The molecule has 1 saturated heterocycles. The number of hydrogen-bond donors (Lipinski definition) is 1. The number of likely N-dealkylation sites (N-methyl/N-ethyl adjacent to an activating group) is 1. The summed E-state index contributed by atoms with van der Waals surface area (Å²) >= 11 is 0. The van der Waals surface area contributed by atoms with E-state index in [1.807, 2.05) is 0 Å². The average molecular weight is 262 g/mol. The van der Waals surface area contributed by atoms with Crippen LogP contribution in [-0.4, -0.2) is 33.3 Å². The summed E-state index contributed by atoms with van der Waals surface area (Å²) in [5.74, 6) is 1.03.